The maximum Gasteiger partial charge on any atom is 0.261 e. The first kappa shape index (κ1) is 13.6. The number of carbonyl (C=O) groups excluding carboxylic acids is 1. The summed E-state index contributed by atoms with van der Waals surface area (Å²) in [5.74, 6) is -0.260. The quantitative estimate of drug-likeness (QED) is 0.806. The van der Waals surface area contributed by atoms with Crippen molar-refractivity contribution in [3.05, 3.63) is 65.0 Å². The number of amides is 1. The van der Waals surface area contributed by atoms with Gasteiger partial charge >= 0.3 is 0 Å². The Labute approximate surface area is 131 Å². The minimum Gasteiger partial charge on any atom is -0.322 e. The van der Waals surface area contributed by atoms with Gasteiger partial charge in [-0.25, -0.2) is 4.98 Å². The van der Waals surface area contributed by atoms with Crippen LogP contribution in [-0.2, 0) is 0 Å². The van der Waals surface area contributed by atoms with Crippen LogP contribution in [0.2, 0.25) is 0 Å². The highest BCUT2D eigenvalue weighted by molar-refractivity contribution is 6.04. The molecule has 6 heteroatoms. The van der Waals surface area contributed by atoms with Crippen molar-refractivity contribution in [2.24, 2.45) is 0 Å². The number of anilines is 1. The van der Waals surface area contributed by atoms with E-state index in [0.717, 1.165) is 12.8 Å². The van der Waals surface area contributed by atoms with E-state index in [-0.39, 0.29) is 17.5 Å². The average Bonchev–Trinajstić information content (AvgIpc) is 3.41. The van der Waals surface area contributed by atoms with E-state index in [0.29, 0.717) is 22.2 Å². The zero-order valence-corrected chi connectivity index (χ0v) is 12.3. The summed E-state index contributed by atoms with van der Waals surface area (Å²) in [5, 5.41) is 3.30. The Morgan fingerprint density at radius 3 is 2.87 bits per heavy atom. The van der Waals surface area contributed by atoms with Gasteiger partial charge in [-0.2, -0.15) is 0 Å². The molecule has 114 valence electrons. The van der Waals surface area contributed by atoms with Gasteiger partial charge in [0.25, 0.3) is 11.5 Å². The van der Waals surface area contributed by atoms with Gasteiger partial charge in [0.15, 0.2) is 0 Å². The number of carbonyl (C=O) groups is 1. The van der Waals surface area contributed by atoms with Gasteiger partial charge in [0.1, 0.15) is 0 Å². The Morgan fingerprint density at radius 2 is 2.13 bits per heavy atom. The Balaban J connectivity index is 1.69. The molecule has 2 heterocycles. The summed E-state index contributed by atoms with van der Waals surface area (Å²) in [4.78, 5) is 32.9. The van der Waals surface area contributed by atoms with Crippen molar-refractivity contribution in [1.82, 2.24) is 14.5 Å². The smallest absolute Gasteiger partial charge is 0.261 e. The lowest BCUT2D eigenvalue weighted by molar-refractivity contribution is 0.102. The third-order valence-corrected chi connectivity index (χ3v) is 3.90. The van der Waals surface area contributed by atoms with Crippen LogP contribution in [0.25, 0.3) is 10.9 Å². The van der Waals surface area contributed by atoms with Crippen molar-refractivity contribution in [3.8, 4) is 0 Å². The van der Waals surface area contributed by atoms with E-state index in [1.165, 1.54) is 6.20 Å². The second-order valence-electron chi connectivity index (χ2n) is 5.62. The predicted molar refractivity (Wildman–Crippen MR) is 86.5 cm³/mol. The number of fused-ring (bicyclic) bond motifs is 1. The van der Waals surface area contributed by atoms with Crippen LogP contribution < -0.4 is 10.9 Å². The molecule has 1 fully saturated rings. The van der Waals surface area contributed by atoms with Gasteiger partial charge in [0.2, 0.25) is 0 Å². The van der Waals surface area contributed by atoms with E-state index in [4.69, 9.17) is 0 Å². The summed E-state index contributed by atoms with van der Waals surface area (Å²) in [6.45, 7) is 0. The first-order chi connectivity index (χ1) is 11.2. The standard InChI is InChI=1S/C17H14N4O2/c22-16(11-2-1-7-18-9-11)20-12-3-6-15-14(8-12)17(23)21(10-19-15)13-4-5-13/h1-3,6-10,13H,4-5H2,(H,20,22). The molecule has 3 aromatic rings. The Hall–Kier alpha value is -3.02. The lowest BCUT2D eigenvalue weighted by atomic mass is 10.2. The van der Waals surface area contributed by atoms with Gasteiger partial charge in [-0.15, -0.1) is 0 Å². The fraction of sp³-hybridized carbons (Fsp3) is 0.176. The van der Waals surface area contributed by atoms with Crippen molar-refractivity contribution in [2.75, 3.05) is 5.32 Å². The molecule has 1 amide bonds. The van der Waals surface area contributed by atoms with E-state index >= 15 is 0 Å². The molecular formula is C17H14N4O2. The van der Waals surface area contributed by atoms with Crippen LogP contribution in [0.4, 0.5) is 5.69 Å². The number of nitrogens with zero attached hydrogens (tertiary/aromatic N) is 3. The highest BCUT2D eigenvalue weighted by Gasteiger charge is 2.25. The van der Waals surface area contributed by atoms with E-state index < -0.39 is 0 Å². The molecule has 1 aliphatic carbocycles. The molecule has 1 aromatic carbocycles. The molecule has 0 aliphatic heterocycles. The molecule has 0 atom stereocenters. The van der Waals surface area contributed by atoms with Crippen molar-refractivity contribution >= 4 is 22.5 Å². The topological polar surface area (TPSA) is 76.9 Å². The normalized spacial score (nSPS) is 13.9. The van der Waals surface area contributed by atoms with E-state index in [1.54, 1.807) is 47.4 Å². The fourth-order valence-electron chi connectivity index (χ4n) is 2.53. The van der Waals surface area contributed by atoms with Gasteiger partial charge < -0.3 is 5.32 Å². The summed E-state index contributed by atoms with van der Waals surface area (Å²) in [6.07, 6.45) is 6.75. The summed E-state index contributed by atoms with van der Waals surface area (Å²) in [6, 6.07) is 8.82. The second-order valence-corrected chi connectivity index (χ2v) is 5.62. The van der Waals surface area contributed by atoms with Gasteiger partial charge in [0, 0.05) is 24.1 Å². The van der Waals surface area contributed by atoms with Gasteiger partial charge in [-0.05, 0) is 43.2 Å². The van der Waals surface area contributed by atoms with Crippen LogP contribution in [0.3, 0.4) is 0 Å². The molecule has 2 aromatic heterocycles. The maximum atomic E-state index is 12.5. The number of rotatable bonds is 3. The SMILES string of the molecule is O=C(Nc1ccc2ncn(C3CC3)c(=O)c2c1)c1cccnc1. The molecule has 0 radical (unpaired) electrons. The van der Waals surface area contributed by atoms with Gasteiger partial charge in [-0.1, -0.05) is 0 Å². The number of pyridine rings is 1. The monoisotopic (exact) mass is 306 g/mol. The zero-order chi connectivity index (χ0) is 15.8. The Kier molecular flexibility index (Phi) is 3.15. The molecule has 0 spiro atoms. The average molecular weight is 306 g/mol. The highest BCUT2D eigenvalue weighted by Crippen LogP contribution is 2.33. The molecule has 23 heavy (non-hydrogen) atoms. The summed E-state index contributed by atoms with van der Waals surface area (Å²) < 4.78 is 1.68. The van der Waals surface area contributed by atoms with E-state index in [1.807, 2.05) is 0 Å². The molecule has 0 bridgehead atoms. The predicted octanol–water partition coefficient (Wildman–Crippen LogP) is 2.38. The molecule has 0 saturated heterocycles. The first-order valence-corrected chi connectivity index (χ1v) is 7.45. The van der Waals surface area contributed by atoms with E-state index in [9.17, 15) is 9.59 Å². The molecule has 1 saturated carbocycles. The van der Waals surface area contributed by atoms with Crippen LogP contribution >= 0.6 is 0 Å². The third-order valence-electron chi connectivity index (χ3n) is 3.90. The second kappa shape index (κ2) is 5.31. The lowest BCUT2D eigenvalue weighted by Gasteiger charge is -2.08. The van der Waals surface area contributed by atoms with Crippen molar-refractivity contribution < 1.29 is 4.79 Å². The summed E-state index contributed by atoms with van der Waals surface area (Å²) in [7, 11) is 0. The number of aromatic nitrogens is 3. The Morgan fingerprint density at radius 1 is 1.26 bits per heavy atom. The minimum absolute atomic E-state index is 0.0602. The van der Waals surface area contributed by atoms with Crippen LogP contribution in [0, 0.1) is 0 Å². The zero-order valence-electron chi connectivity index (χ0n) is 12.3. The summed E-state index contributed by atoms with van der Waals surface area (Å²) in [5.41, 5.74) is 1.61. The molecule has 1 aliphatic rings. The minimum atomic E-state index is -0.260. The molecular weight excluding hydrogens is 292 g/mol. The highest BCUT2D eigenvalue weighted by atomic mass is 16.1. The summed E-state index contributed by atoms with van der Waals surface area (Å²) >= 11 is 0. The van der Waals surface area contributed by atoms with Crippen molar-refractivity contribution in [2.45, 2.75) is 18.9 Å². The Bertz CT molecular complexity index is 946. The molecule has 6 nitrogen and oxygen atoms in total. The lowest BCUT2D eigenvalue weighted by Crippen LogP contribution is -2.20. The van der Waals surface area contributed by atoms with Crippen LogP contribution in [-0.4, -0.2) is 20.4 Å². The first-order valence-electron chi connectivity index (χ1n) is 7.45. The van der Waals surface area contributed by atoms with Gasteiger partial charge in [0.05, 0.1) is 22.8 Å². The molecule has 4 rings (SSSR count). The number of nitrogens with one attached hydrogen (secondary N) is 1. The number of benzene rings is 1. The largest absolute Gasteiger partial charge is 0.322 e. The van der Waals surface area contributed by atoms with Crippen molar-refractivity contribution in [3.63, 3.8) is 0 Å². The van der Waals surface area contributed by atoms with Crippen LogP contribution in [0.1, 0.15) is 29.2 Å². The fourth-order valence-corrected chi connectivity index (χ4v) is 2.53. The third kappa shape index (κ3) is 2.59. The molecule has 1 N–H and O–H groups in total. The molecule has 0 unspecified atom stereocenters. The van der Waals surface area contributed by atoms with Crippen LogP contribution in [0.5, 0.6) is 0 Å². The number of hydrogen-bond acceptors (Lipinski definition) is 4. The van der Waals surface area contributed by atoms with Gasteiger partial charge in [-0.3, -0.25) is 19.1 Å². The number of hydrogen-bond donors (Lipinski definition) is 1. The van der Waals surface area contributed by atoms with Crippen molar-refractivity contribution in [1.29, 1.82) is 0 Å². The maximum absolute atomic E-state index is 12.5. The van der Waals surface area contributed by atoms with E-state index in [2.05, 4.69) is 15.3 Å². The van der Waals surface area contributed by atoms with Crippen LogP contribution in [0.15, 0.2) is 53.8 Å².